The van der Waals surface area contributed by atoms with Gasteiger partial charge in [0.15, 0.2) is 0 Å². The van der Waals surface area contributed by atoms with E-state index in [0.29, 0.717) is 5.95 Å². The maximum atomic E-state index is 10.8. The summed E-state index contributed by atoms with van der Waals surface area (Å²) in [5, 5.41) is 7.29. The van der Waals surface area contributed by atoms with Crippen LogP contribution in [0.2, 0.25) is 0 Å². The standard InChI is InChI=1S/C16H18N6.C6H12.C3H6F2.C2H6/c1-10(2)19-13-5-6-14(20-11(13)3)12-7-8-22-15(12)9-18-16(17-4)21-22;1-2-4-6-5-3-1;1-2-3(4)5;1-2/h5-9H,1-4H3,(H,17,21);1-6H2;3H,2H2,1H3;1-2H3. The van der Waals surface area contributed by atoms with Crippen molar-refractivity contribution in [3.8, 4) is 11.3 Å². The zero-order chi connectivity index (χ0) is 26.2. The lowest BCUT2D eigenvalue weighted by Crippen LogP contribution is -2.00. The largest absolute Gasteiger partial charge is 0.356 e. The first-order valence-corrected chi connectivity index (χ1v) is 12.7. The van der Waals surface area contributed by atoms with Gasteiger partial charge >= 0.3 is 0 Å². The molecule has 0 radical (unpaired) electrons. The van der Waals surface area contributed by atoms with Crippen LogP contribution in [0.25, 0.3) is 16.8 Å². The normalized spacial score (nSPS) is 12.4. The topological polar surface area (TPSA) is 67.5 Å². The predicted octanol–water partition coefficient (Wildman–Crippen LogP) is 8.28. The highest BCUT2D eigenvalue weighted by Crippen LogP contribution is 2.27. The van der Waals surface area contributed by atoms with Crippen LogP contribution >= 0.6 is 0 Å². The molecule has 1 fully saturated rings. The monoisotopic (exact) mass is 488 g/mol. The molecule has 194 valence electrons. The first kappa shape index (κ1) is 30.1. The SMILES string of the molecule is C1CCCCC1.CC.CCC(F)F.CNc1ncc2c(-c3ccc(N=C(C)C)c(C)n3)ccn2n1. The minimum Gasteiger partial charge on any atom is -0.356 e. The molecule has 0 saturated heterocycles. The van der Waals surface area contributed by atoms with Gasteiger partial charge in [0.2, 0.25) is 12.4 Å². The highest BCUT2D eigenvalue weighted by atomic mass is 19.3. The third kappa shape index (κ3) is 10.5. The summed E-state index contributed by atoms with van der Waals surface area (Å²) in [5.41, 5.74) is 5.66. The van der Waals surface area contributed by atoms with Gasteiger partial charge in [-0.05, 0) is 39.0 Å². The quantitative estimate of drug-likeness (QED) is 0.375. The maximum Gasteiger partial charge on any atom is 0.240 e. The van der Waals surface area contributed by atoms with Crippen molar-refractivity contribution < 1.29 is 8.78 Å². The molecular formula is C27H42F2N6. The summed E-state index contributed by atoms with van der Waals surface area (Å²) in [6.45, 7) is 11.4. The van der Waals surface area contributed by atoms with E-state index >= 15 is 0 Å². The first-order valence-electron chi connectivity index (χ1n) is 12.7. The molecule has 8 heteroatoms. The van der Waals surface area contributed by atoms with Crippen molar-refractivity contribution in [2.24, 2.45) is 4.99 Å². The number of anilines is 1. The second-order valence-corrected chi connectivity index (χ2v) is 8.17. The van der Waals surface area contributed by atoms with Gasteiger partial charge in [0.05, 0.1) is 28.8 Å². The maximum absolute atomic E-state index is 10.8. The summed E-state index contributed by atoms with van der Waals surface area (Å²) in [4.78, 5) is 13.4. The highest BCUT2D eigenvalue weighted by Gasteiger charge is 2.10. The number of halogens is 2. The van der Waals surface area contributed by atoms with Gasteiger partial charge in [-0.3, -0.25) is 9.98 Å². The molecule has 4 rings (SSSR count). The van der Waals surface area contributed by atoms with E-state index < -0.39 is 6.43 Å². The molecule has 0 unspecified atom stereocenters. The van der Waals surface area contributed by atoms with Crippen molar-refractivity contribution in [2.75, 3.05) is 12.4 Å². The summed E-state index contributed by atoms with van der Waals surface area (Å²) >= 11 is 0. The molecule has 3 aromatic rings. The number of hydrogen-bond donors (Lipinski definition) is 1. The van der Waals surface area contributed by atoms with Crippen molar-refractivity contribution in [2.45, 2.75) is 92.9 Å². The summed E-state index contributed by atoms with van der Waals surface area (Å²) in [7, 11) is 1.80. The molecule has 3 heterocycles. The molecule has 0 bridgehead atoms. The van der Waals surface area contributed by atoms with Crippen LogP contribution in [0.4, 0.5) is 20.4 Å². The lowest BCUT2D eigenvalue weighted by atomic mass is 10.0. The smallest absolute Gasteiger partial charge is 0.240 e. The fourth-order valence-corrected chi connectivity index (χ4v) is 3.35. The Morgan fingerprint density at radius 1 is 1.06 bits per heavy atom. The lowest BCUT2D eigenvalue weighted by Gasteiger charge is -2.05. The number of aliphatic imine (C=N–C) groups is 1. The van der Waals surface area contributed by atoms with Crippen LogP contribution in [-0.2, 0) is 0 Å². The molecule has 6 nitrogen and oxygen atoms in total. The minimum absolute atomic E-state index is 0.0278. The van der Waals surface area contributed by atoms with E-state index in [1.54, 1.807) is 17.8 Å². The molecule has 0 amide bonds. The fourth-order valence-electron chi connectivity index (χ4n) is 3.35. The van der Waals surface area contributed by atoms with Crippen LogP contribution in [-0.4, -0.2) is 38.8 Å². The second-order valence-electron chi connectivity index (χ2n) is 8.17. The van der Waals surface area contributed by atoms with Gasteiger partial charge in [-0.15, -0.1) is 5.10 Å². The number of aryl methyl sites for hydroxylation is 1. The van der Waals surface area contributed by atoms with Crippen LogP contribution < -0.4 is 5.32 Å². The molecule has 1 aliphatic rings. The third-order valence-corrected chi connectivity index (χ3v) is 5.13. The Labute approximate surface area is 209 Å². The zero-order valence-corrected chi connectivity index (χ0v) is 22.4. The van der Waals surface area contributed by atoms with E-state index in [2.05, 4.69) is 25.4 Å². The predicted molar refractivity (Wildman–Crippen MR) is 144 cm³/mol. The second kappa shape index (κ2) is 16.7. The van der Waals surface area contributed by atoms with E-state index in [1.165, 1.54) is 45.4 Å². The van der Waals surface area contributed by atoms with Gasteiger partial charge in [0.1, 0.15) is 0 Å². The molecule has 1 aliphatic carbocycles. The van der Waals surface area contributed by atoms with Gasteiger partial charge in [0, 0.05) is 30.9 Å². The van der Waals surface area contributed by atoms with Crippen molar-refractivity contribution >= 4 is 22.9 Å². The number of aromatic nitrogens is 4. The number of fused-ring (bicyclic) bond motifs is 1. The van der Waals surface area contributed by atoms with Gasteiger partial charge in [-0.25, -0.2) is 18.3 Å². The number of nitrogens with zero attached hydrogens (tertiary/aromatic N) is 5. The first-order chi connectivity index (χ1) is 16.8. The highest BCUT2D eigenvalue weighted by molar-refractivity contribution is 5.83. The van der Waals surface area contributed by atoms with Gasteiger partial charge in [-0.2, -0.15) is 0 Å². The molecule has 0 spiro atoms. The Hall–Kier alpha value is -2.90. The Morgan fingerprint density at radius 2 is 1.63 bits per heavy atom. The molecule has 0 aliphatic heterocycles. The van der Waals surface area contributed by atoms with Crippen LogP contribution in [0, 0.1) is 6.92 Å². The van der Waals surface area contributed by atoms with E-state index in [9.17, 15) is 8.78 Å². The van der Waals surface area contributed by atoms with E-state index in [1.807, 2.05) is 59.0 Å². The van der Waals surface area contributed by atoms with Gasteiger partial charge in [-0.1, -0.05) is 59.3 Å². The molecule has 3 aromatic heterocycles. The van der Waals surface area contributed by atoms with Crippen molar-refractivity contribution in [3.05, 3.63) is 36.3 Å². The average Bonchev–Trinajstić information content (AvgIpc) is 3.31. The number of pyridine rings is 1. The van der Waals surface area contributed by atoms with Crippen molar-refractivity contribution in [1.29, 1.82) is 0 Å². The van der Waals surface area contributed by atoms with Crippen molar-refractivity contribution in [3.63, 3.8) is 0 Å². The summed E-state index contributed by atoms with van der Waals surface area (Å²) < 4.78 is 23.3. The van der Waals surface area contributed by atoms with Crippen molar-refractivity contribution in [1.82, 2.24) is 19.6 Å². The number of hydrogen-bond acceptors (Lipinski definition) is 5. The lowest BCUT2D eigenvalue weighted by molar-refractivity contribution is 0.144. The zero-order valence-electron chi connectivity index (χ0n) is 22.4. The summed E-state index contributed by atoms with van der Waals surface area (Å²) in [5.74, 6) is 0.585. The van der Waals surface area contributed by atoms with E-state index in [4.69, 9.17) is 0 Å². The Kier molecular flexibility index (Phi) is 14.4. The molecule has 0 aromatic carbocycles. The summed E-state index contributed by atoms with van der Waals surface area (Å²) in [6, 6.07) is 5.98. The molecular weight excluding hydrogens is 446 g/mol. The van der Waals surface area contributed by atoms with Gasteiger partial charge in [0.25, 0.3) is 0 Å². The number of alkyl halides is 2. The molecule has 35 heavy (non-hydrogen) atoms. The molecule has 0 atom stereocenters. The Bertz CT molecular complexity index is 1010. The van der Waals surface area contributed by atoms with Gasteiger partial charge < -0.3 is 5.32 Å². The van der Waals surface area contributed by atoms with E-state index in [0.717, 1.165) is 33.9 Å². The fraction of sp³-hybridized carbons (Fsp3) is 0.556. The van der Waals surface area contributed by atoms with E-state index in [-0.39, 0.29) is 6.42 Å². The Balaban J connectivity index is 0.000000388. The number of nitrogens with one attached hydrogen (secondary N) is 1. The van der Waals surface area contributed by atoms with Crippen LogP contribution in [0.3, 0.4) is 0 Å². The Morgan fingerprint density at radius 3 is 2.09 bits per heavy atom. The molecule has 1 N–H and O–H groups in total. The average molecular weight is 489 g/mol. The van der Waals surface area contributed by atoms with Crippen LogP contribution in [0.1, 0.15) is 85.3 Å². The third-order valence-electron chi connectivity index (χ3n) is 5.13. The minimum atomic E-state index is -2.12. The summed E-state index contributed by atoms with van der Waals surface area (Å²) in [6.07, 6.45) is 10.6. The molecule has 1 saturated carbocycles. The van der Waals surface area contributed by atoms with Crippen LogP contribution in [0.5, 0.6) is 0 Å². The number of rotatable bonds is 4. The van der Waals surface area contributed by atoms with Crippen LogP contribution in [0.15, 0.2) is 35.6 Å².